The van der Waals surface area contributed by atoms with Crippen molar-refractivity contribution < 1.29 is 9.18 Å². The molecule has 0 radical (unpaired) electrons. The quantitative estimate of drug-likeness (QED) is 0.854. The van der Waals surface area contributed by atoms with Gasteiger partial charge in [-0.3, -0.25) is 4.79 Å². The highest BCUT2D eigenvalue weighted by atomic mass is 19.1. The van der Waals surface area contributed by atoms with E-state index >= 15 is 0 Å². The van der Waals surface area contributed by atoms with E-state index in [9.17, 15) is 9.18 Å². The molecule has 2 rings (SSSR count). The SMILES string of the molecule is Cc1ccc(C(=O)NC(C)c2nn[nH]n2)cc1F. The minimum Gasteiger partial charge on any atom is -0.342 e. The number of aryl methyl sites for hydroxylation is 1. The van der Waals surface area contributed by atoms with Crippen molar-refractivity contribution in [2.75, 3.05) is 0 Å². The molecule has 0 bridgehead atoms. The molecule has 18 heavy (non-hydrogen) atoms. The number of H-pyrrole nitrogens is 1. The van der Waals surface area contributed by atoms with Gasteiger partial charge in [-0.25, -0.2) is 4.39 Å². The number of carbonyl (C=O) groups excluding carboxylic acids is 1. The summed E-state index contributed by atoms with van der Waals surface area (Å²) in [5.74, 6) is -0.419. The summed E-state index contributed by atoms with van der Waals surface area (Å²) in [6, 6.07) is 3.92. The van der Waals surface area contributed by atoms with Crippen molar-refractivity contribution in [3.8, 4) is 0 Å². The molecule has 2 aromatic rings. The lowest BCUT2D eigenvalue weighted by Crippen LogP contribution is -2.27. The van der Waals surface area contributed by atoms with Crippen LogP contribution in [-0.2, 0) is 0 Å². The fourth-order valence-corrected chi connectivity index (χ4v) is 1.43. The van der Waals surface area contributed by atoms with Gasteiger partial charge in [0.15, 0.2) is 5.82 Å². The summed E-state index contributed by atoms with van der Waals surface area (Å²) in [6.45, 7) is 3.35. The maximum atomic E-state index is 13.3. The number of amides is 1. The van der Waals surface area contributed by atoms with Crippen LogP contribution in [0.4, 0.5) is 4.39 Å². The number of aromatic nitrogens is 4. The van der Waals surface area contributed by atoms with Gasteiger partial charge in [0.1, 0.15) is 5.82 Å². The summed E-state index contributed by atoms with van der Waals surface area (Å²) in [7, 11) is 0. The molecule has 0 saturated heterocycles. The average molecular weight is 249 g/mol. The third kappa shape index (κ3) is 2.50. The maximum Gasteiger partial charge on any atom is 0.251 e. The number of aromatic amines is 1. The minimum absolute atomic E-state index is 0.258. The molecule has 94 valence electrons. The number of halogens is 1. The first-order chi connectivity index (χ1) is 8.58. The Labute approximate surface area is 103 Å². The first-order valence-electron chi connectivity index (χ1n) is 5.38. The number of carbonyl (C=O) groups is 1. The van der Waals surface area contributed by atoms with Crippen LogP contribution in [0.1, 0.15) is 34.7 Å². The third-order valence-electron chi connectivity index (χ3n) is 2.53. The second-order valence-electron chi connectivity index (χ2n) is 3.93. The van der Waals surface area contributed by atoms with Crippen molar-refractivity contribution in [3.63, 3.8) is 0 Å². The predicted octanol–water partition coefficient (Wildman–Crippen LogP) is 1.14. The summed E-state index contributed by atoms with van der Waals surface area (Å²) in [4.78, 5) is 11.8. The summed E-state index contributed by atoms with van der Waals surface area (Å²) >= 11 is 0. The molecule has 1 aromatic carbocycles. The molecule has 6 nitrogen and oxygen atoms in total. The van der Waals surface area contributed by atoms with Crippen molar-refractivity contribution in [2.24, 2.45) is 0 Å². The summed E-state index contributed by atoms with van der Waals surface area (Å²) in [5, 5.41) is 15.9. The highest BCUT2D eigenvalue weighted by Gasteiger charge is 2.15. The fourth-order valence-electron chi connectivity index (χ4n) is 1.43. The van der Waals surface area contributed by atoms with Gasteiger partial charge in [-0.05, 0) is 31.5 Å². The van der Waals surface area contributed by atoms with Gasteiger partial charge < -0.3 is 5.32 Å². The lowest BCUT2D eigenvalue weighted by Gasteiger charge is -2.10. The van der Waals surface area contributed by atoms with Crippen molar-refractivity contribution >= 4 is 5.91 Å². The number of tetrazole rings is 1. The molecule has 0 aliphatic heterocycles. The molecule has 1 aromatic heterocycles. The Morgan fingerprint density at radius 2 is 2.28 bits per heavy atom. The molecule has 1 heterocycles. The molecule has 0 spiro atoms. The topological polar surface area (TPSA) is 83.6 Å². The number of nitrogens with zero attached hydrogens (tertiary/aromatic N) is 3. The van der Waals surface area contributed by atoms with Crippen LogP contribution in [0.15, 0.2) is 18.2 Å². The van der Waals surface area contributed by atoms with E-state index in [-0.39, 0.29) is 11.5 Å². The Morgan fingerprint density at radius 3 is 2.89 bits per heavy atom. The lowest BCUT2D eigenvalue weighted by atomic mass is 10.1. The Kier molecular flexibility index (Phi) is 3.31. The number of benzene rings is 1. The van der Waals surface area contributed by atoms with Crippen LogP contribution in [-0.4, -0.2) is 26.5 Å². The Bertz CT molecular complexity index is 555. The van der Waals surface area contributed by atoms with E-state index in [0.717, 1.165) is 0 Å². The Hall–Kier alpha value is -2.31. The zero-order chi connectivity index (χ0) is 13.1. The second-order valence-corrected chi connectivity index (χ2v) is 3.93. The van der Waals surface area contributed by atoms with Gasteiger partial charge in [-0.15, -0.1) is 10.2 Å². The van der Waals surface area contributed by atoms with E-state index in [4.69, 9.17) is 0 Å². The van der Waals surface area contributed by atoms with E-state index in [1.165, 1.54) is 6.07 Å². The molecular weight excluding hydrogens is 237 g/mol. The van der Waals surface area contributed by atoms with Crippen LogP contribution in [0.3, 0.4) is 0 Å². The highest BCUT2D eigenvalue weighted by Crippen LogP contribution is 2.11. The second kappa shape index (κ2) is 4.91. The normalized spacial score (nSPS) is 12.2. The number of nitrogens with one attached hydrogen (secondary N) is 2. The fraction of sp³-hybridized carbons (Fsp3) is 0.273. The smallest absolute Gasteiger partial charge is 0.251 e. The first kappa shape index (κ1) is 12.2. The van der Waals surface area contributed by atoms with Crippen molar-refractivity contribution in [2.45, 2.75) is 19.9 Å². The monoisotopic (exact) mass is 249 g/mol. The molecule has 1 unspecified atom stereocenters. The Morgan fingerprint density at radius 1 is 1.50 bits per heavy atom. The van der Waals surface area contributed by atoms with E-state index in [1.807, 2.05) is 0 Å². The van der Waals surface area contributed by atoms with E-state index in [2.05, 4.69) is 25.9 Å². The molecule has 0 aliphatic rings. The molecule has 2 N–H and O–H groups in total. The van der Waals surface area contributed by atoms with Gasteiger partial charge in [0.2, 0.25) is 0 Å². The van der Waals surface area contributed by atoms with E-state index < -0.39 is 11.9 Å². The molecule has 0 fully saturated rings. The Balaban J connectivity index is 2.10. The van der Waals surface area contributed by atoms with Crippen LogP contribution in [0.5, 0.6) is 0 Å². The third-order valence-corrected chi connectivity index (χ3v) is 2.53. The number of hydrogen-bond acceptors (Lipinski definition) is 4. The van der Waals surface area contributed by atoms with E-state index in [1.54, 1.807) is 26.0 Å². The largest absolute Gasteiger partial charge is 0.342 e. The van der Waals surface area contributed by atoms with Crippen molar-refractivity contribution in [1.82, 2.24) is 25.9 Å². The van der Waals surface area contributed by atoms with Gasteiger partial charge >= 0.3 is 0 Å². The van der Waals surface area contributed by atoms with Crippen LogP contribution in [0.2, 0.25) is 0 Å². The molecule has 0 aliphatic carbocycles. The van der Waals surface area contributed by atoms with Gasteiger partial charge in [-0.2, -0.15) is 5.21 Å². The standard InChI is InChI=1S/C11H12FN5O/c1-6-3-4-8(5-9(6)12)11(18)13-7(2)10-14-16-17-15-10/h3-5,7H,1-2H3,(H,13,18)(H,14,15,16,17). The first-order valence-corrected chi connectivity index (χ1v) is 5.38. The number of hydrogen-bond donors (Lipinski definition) is 2. The summed E-state index contributed by atoms with van der Waals surface area (Å²) in [5.41, 5.74) is 0.756. The molecule has 0 saturated carbocycles. The molecule has 7 heteroatoms. The number of rotatable bonds is 3. The van der Waals surface area contributed by atoms with Crippen LogP contribution in [0.25, 0.3) is 0 Å². The zero-order valence-electron chi connectivity index (χ0n) is 9.94. The minimum atomic E-state index is -0.408. The van der Waals surface area contributed by atoms with E-state index in [0.29, 0.717) is 11.4 Å². The molecular formula is C11H12FN5O. The van der Waals surface area contributed by atoms with Crippen LogP contribution >= 0.6 is 0 Å². The average Bonchev–Trinajstić information content (AvgIpc) is 2.86. The predicted molar refractivity (Wildman–Crippen MR) is 61.2 cm³/mol. The van der Waals surface area contributed by atoms with Crippen molar-refractivity contribution in [3.05, 3.63) is 41.0 Å². The van der Waals surface area contributed by atoms with Gasteiger partial charge in [0, 0.05) is 5.56 Å². The van der Waals surface area contributed by atoms with Gasteiger partial charge in [0.05, 0.1) is 6.04 Å². The van der Waals surface area contributed by atoms with Crippen molar-refractivity contribution in [1.29, 1.82) is 0 Å². The lowest BCUT2D eigenvalue weighted by molar-refractivity contribution is 0.0938. The van der Waals surface area contributed by atoms with Gasteiger partial charge in [0.25, 0.3) is 5.91 Å². The summed E-state index contributed by atoms with van der Waals surface area (Å²) in [6.07, 6.45) is 0. The van der Waals surface area contributed by atoms with Crippen LogP contribution in [0, 0.1) is 12.7 Å². The maximum absolute atomic E-state index is 13.3. The molecule has 1 atom stereocenters. The molecule has 1 amide bonds. The zero-order valence-corrected chi connectivity index (χ0v) is 9.94. The summed E-state index contributed by atoms with van der Waals surface area (Å²) < 4.78 is 13.3. The van der Waals surface area contributed by atoms with Crippen LogP contribution < -0.4 is 5.32 Å². The van der Waals surface area contributed by atoms with Gasteiger partial charge in [-0.1, -0.05) is 11.3 Å². The highest BCUT2D eigenvalue weighted by molar-refractivity contribution is 5.94.